The van der Waals surface area contributed by atoms with Gasteiger partial charge in [-0.3, -0.25) is 5.41 Å². The second kappa shape index (κ2) is 6.94. The highest BCUT2D eigenvalue weighted by molar-refractivity contribution is 6.19. The number of benzene rings is 1. The van der Waals surface area contributed by atoms with Crippen molar-refractivity contribution in [3.05, 3.63) is 47.3 Å². The largest absolute Gasteiger partial charge is 0.496 e. The molecule has 0 fully saturated rings. The van der Waals surface area contributed by atoms with Crippen LogP contribution in [0, 0.1) is 17.1 Å². The number of nitrogens with zero attached hydrogens (tertiary/aromatic N) is 1. The number of nitrogens with one attached hydrogen (secondary N) is 1. The third-order valence-electron chi connectivity index (χ3n) is 3.88. The maximum atomic E-state index is 14.0. The molecule has 0 spiro atoms. The zero-order chi connectivity index (χ0) is 19.8. The van der Waals surface area contributed by atoms with Crippen LogP contribution in [0.1, 0.15) is 40.2 Å². The number of amides is 1. The van der Waals surface area contributed by atoms with Crippen LogP contribution in [0.5, 0.6) is 5.75 Å². The van der Waals surface area contributed by atoms with Crippen LogP contribution in [0.2, 0.25) is 0 Å². The van der Waals surface area contributed by atoms with Crippen LogP contribution in [0.15, 0.2) is 35.9 Å². The number of methoxy groups -OCH3 is 1. The Morgan fingerprint density at radius 1 is 1.31 bits per heavy atom. The normalized spacial score (nSPS) is 15.2. The molecule has 1 amide bonds. The zero-order valence-corrected chi connectivity index (χ0v) is 16.1. The third kappa shape index (κ3) is 3.64. The molecule has 0 unspecified atom stereocenters. The first-order valence-electron chi connectivity index (χ1n) is 8.37. The Balaban J connectivity index is 2.72. The van der Waals surface area contributed by atoms with Gasteiger partial charge in [0.25, 0.3) is 0 Å². The number of hydrogen-bond acceptors (Lipinski definition) is 4. The Hall–Kier alpha value is -2.63. The summed E-state index contributed by atoms with van der Waals surface area (Å²) >= 11 is 0. The van der Waals surface area contributed by atoms with E-state index in [9.17, 15) is 9.18 Å². The van der Waals surface area contributed by atoms with Gasteiger partial charge in [-0.2, -0.15) is 0 Å². The van der Waals surface area contributed by atoms with E-state index in [4.69, 9.17) is 14.9 Å². The van der Waals surface area contributed by atoms with Gasteiger partial charge in [-0.1, -0.05) is 20.4 Å². The molecule has 2 rings (SSSR count). The van der Waals surface area contributed by atoms with Crippen LogP contribution in [0.25, 0.3) is 5.70 Å². The predicted octanol–water partition coefficient (Wildman–Crippen LogP) is 4.99. The van der Waals surface area contributed by atoms with E-state index in [1.807, 2.05) is 13.8 Å². The van der Waals surface area contributed by atoms with E-state index >= 15 is 0 Å². The van der Waals surface area contributed by atoms with Gasteiger partial charge in [-0.05, 0) is 50.5 Å². The van der Waals surface area contributed by atoms with Gasteiger partial charge < -0.3 is 9.47 Å². The van der Waals surface area contributed by atoms with Gasteiger partial charge in [-0.15, -0.1) is 0 Å². The lowest BCUT2D eigenvalue weighted by molar-refractivity contribution is 0.0440. The van der Waals surface area contributed by atoms with Crippen LogP contribution in [0.3, 0.4) is 0 Å². The first-order chi connectivity index (χ1) is 12.0. The average Bonchev–Trinajstić information content (AvgIpc) is 2.77. The van der Waals surface area contributed by atoms with Crippen molar-refractivity contribution in [2.45, 2.75) is 40.2 Å². The smallest absolute Gasteiger partial charge is 0.420 e. The SMILES string of the molecule is C=C1C(=N)N(C(=O)OC(C)(C)C)C(c2cc(F)ccc2OC)=C1C(C)C. The van der Waals surface area contributed by atoms with E-state index in [0.29, 0.717) is 28.2 Å². The van der Waals surface area contributed by atoms with Gasteiger partial charge in [0.1, 0.15) is 23.0 Å². The summed E-state index contributed by atoms with van der Waals surface area (Å²) in [7, 11) is 1.47. The predicted molar refractivity (Wildman–Crippen MR) is 99.6 cm³/mol. The summed E-state index contributed by atoms with van der Waals surface area (Å²) in [6.45, 7) is 13.0. The number of rotatable bonds is 3. The van der Waals surface area contributed by atoms with Crippen molar-refractivity contribution in [3.63, 3.8) is 0 Å². The van der Waals surface area contributed by atoms with Gasteiger partial charge >= 0.3 is 6.09 Å². The summed E-state index contributed by atoms with van der Waals surface area (Å²) in [6, 6.07) is 4.07. The molecule has 0 aliphatic carbocycles. The minimum absolute atomic E-state index is 0.0433. The number of carbonyl (C=O) groups excluding carboxylic acids is 1. The van der Waals surface area contributed by atoms with Crippen molar-refractivity contribution < 1.29 is 18.7 Å². The van der Waals surface area contributed by atoms with Gasteiger partial charge in [-0.25, -0.2) is 14.1 Å². The summed E-state index contributed by atoms with van der Waals surface area (Å²) in [4.78, 5) is 13.9. The first kappa shape index (κ1) is 19.7. The third-order valence-corrected chi connectivity index (χ3v) is 3.88. The summed E-state index contributed by atoms with van der Waals surface area (Å²) in [5.74, 6) is -0.192. The quantitative estimate of drug-likeness (QED) is 0.826. The molecule has 1 aromatic rings. The molecule has 6 heteroatoms. The maximum absolute atomic E-state index is 14.0. The van der Waals surface area contributed by atoms with Gasteiger partial charge in [0.15, 0.2) is 0 Å². The molecule has 1 aliphatic rings. The van der Waals surface area contributed by atoms with Crippen LogP contribution in [-0.2, 0) is 4.74 Å². The molecule has 0 radical (unpaired) electrons. The molecular formula is C20H25FN2O3. The molecule has 1 aromatic carbocycles. The second-order valence-corrected chi connectivity index (χ2v) is 7.40. The van der Waals surface area contributed by atoms with Crippen molar-refractivity contribution in [3.8, 4) is 5.75 Å². The fourth-order valence-corrected chi connectivity index (χ4v) is 2.88. The zero-order valence-electron chi connectivity index (χ0n) is 16.1. The van der Waals surface area contributed by atoms with E-state index in [1.165, 1.54) is 25.3 Å². The standard InChI is InChI=1S/C20H25FN2O3/c1-11(2)16-12(3)18(22)23(19(24)26-20(4,5)6)17(16)14-10-13(21)8-9-15(14)25-7/h8-11,22H,3H2,1-2,4-7H3. The highest BCUT2D eigenvalue weighted by Gasteiger charge is 2.40. The lowest BCUT2D eigenvalue weighted by Gasteiger charge is -2.27. The summed E-state index contributed by atoms with van der Waals surface area (Å²) < 4.78 is 24.8. The van der Waals surface area contributed by atoms with E-state index in [-0.39, 0.29) is 11.8 Å². The number of hydrogen-bond donors (Lipinski definition) is 1. The van der Waals surface area contributed by atoms with E-state index in [2.05, 4.69) is 6.58 Å². The van der Waals surface area contributed by atoms with Crippen LogP contribution in [0.4, 0.5) is 9.18 Å². The molecule has 0 bridgehead atoms. The molecule has 140 valence electrons. The fraction of sp³-hybridized carbons (Fsp3) is 0.400. The van der Waals surface area contributed by atoms with E-state index in [0.717, 1.165) is 4.90 Å². The lowest BCUT2D eigenvalue weighted by Crippen LogP contribution is -2.37. The summed E-state index contributed by atoms with van der Waals surface area (Å²) in [5, 5.41) is 8.38. The fourth-order valence-electron chi connectivity index (χ4n) is 2.88. The molecule has 5 nitrogen and oxygen atoms in total. The van der Waals surface area contributed by atoms with Gasteiger partial charge in [0, 0.05) is 11.1 Å². The molecule has 1 aliphatic heterocycles. The monoisotopic (exact) mass is 360 g/mol. The molecular weight excluding hydrogens is 335 g/mol. The maximum Gasteiger partial charge on any atom is 0.420 e. The molecule has 1 heterocycles. The average molecular weight is 360 g/mol. The van der Waals surface area contributed by atoms with Crippen LogP contribution < -0.4 is 4.74 Å². The van der Waals surface area contributed by atoms with Crippen LogP contribution in [-0.4, -0.2) is 29.5 Å². The number of amidine groups is 1. The minimum Gasteiger partial charge on any atom is -0.496 e. The van der Waals surface area contributed by atoms with Crippen molar-refractivity contribution >= 4 is 17.6 Å². The molecule has 0 atom stereocenters. The molecule has 0 saturated carbocycles. The Bertz CT molecular complexity index is 804. The Labute approximate surface area is 153 Å². The molecule has 0 aromatic heterocycles. The van der Waals surface area contributed by atoms with E-state index < -0.39 is 17.5 Å². The van der Waals surface area contributed by atoms with Crippen molar-refractivity contribution in [1.29, 1.82) is 5.41 Å². The van der Waals surface area contributed by atoms with Gasteiger partial charge in [0.2, 0.25) is 0 Å². The van der Waals surface area contributed by atoms with Gasteiger partial charge in [0.05, 0.1) is 12.8 Å². The van der Waals surface area contributed by atoms with E-state index in [1.54, 1.807) is 20.8 Å². The van der Waals surface area contributed by atoms with Crippen molar-refractivity contribution in [2.24, 2.45) is 5.92 Å². The number of ether oxygens (including phenoxy) is 2. The Kier molecular flexibility index (Phi) is 5.26. The molecule has 1 N–H and O–H groups in total. The Morgan fingerprint density at radius 3 is 2.42 bits per heavy atom. The highest BCUT2D eigenvalue weighted by Crippen LogP contribution is 2.43. The highest BCUT2D eigenvalue weighted by atomic mass is 19.1. The Morgan fingerprint density at radius 2 is 1.92 bits per heavy atom. The number of halogens is 1. The first-order valence-corrected chi connectivity index (χ1v) is 8.37. The molecule has 26 heavy (non-hydrogen) atoms. The lowest BCUT2D eigenvalue weighted by atomic mass is 9.94. The van der Waals surface area contributed by atoms with Crippen LogP contribution >= 0.6 is 0 Å². The number of carbonyl (C=O) groups is 1. The van der Waals surface area contributed by atoms with Crippen molar-refractivity contribution in [2.75, 3.05) is 7.11 Å². The summed E-state index contributed by atoms with van der Waals surface area (Å²) in [5.41, 5.74) is 1.11. The topological polar surface area (TPSA) is 62.6 Å². The van der Waals surface area contributed by atoms with Crippen molar-refractivity contribution in [1.82, 2.24) is 4.90 Å². The molecule has 0 saturated heterocycles. The second-order valence-electron chi connectivity index (χ2n) is 7.40. The minimum atomic E-state index is -0.740. The summed E-state index contributed by atoms with van der Waals surface area (Å²) in [6.07, 6.45) is -0.708.